The molecule has 1 heterocycles. The summed E-state index contributed by atoms with van der Waals surface area (Å²) >= 11 is 0. The van der Waals surface area contributed by atoms with Gasteiger partial charge in [-0.05, 0) is 67.7 Å². The summed E-state index contributed by atoms with van der Waals surface area (Å²) in [5, 5.41) is 0. The maximum Gasteiger partial charge on any atom is 0.335 e. The number of carbonyl (C=O) groups is 3. The Bertz CT molecular complexity index is 1020. The van der Waals surface area contributed by atoms with E-state index in [-0.39, 0.29) is 41.9 Å². The molecule has 2 amide bonds. The van der Waals surface area contributed by atoms with Gasteiger partial charge in [0.1, 0.15) is 11.8 Å². The van der Waals surface area contributed by atoms with Crippen LogP contribution in [0.1, 0.15) is 36.0 Å². The number of nitrogens with zero attached hydrogens (tertiary/aromatic N) is 1. The number of aryl methyl sites for hydroxylation is 1. The van der Waals surface area contributed by atoms with Crippen LogP contribution in [0.15, 0.2) is 48.5 Å². The summed E-state index contributed by atoms with van der Waals surface area (Å²) in [7, 11) is 0. The first-order valence-electron chi connectivity index (χ1n) is 11.1. The van der Waals surface area contributed by atoms with Crippen LogP contribution in [0.4, 0.5) is 0 Å². The first kappa shape index (κ1) is 20.0. The highest BCUT2D eigenvalue weighted by molar-refractivity contribution is 6.08. The van der Waals surface area contributed by atoms with Gasteiger partial charge in [0.15, 0.2) is 0 Å². The molecule has 0 spiro atoms. The summed E-state index contributed by atoms with van der Waals surface area (Å²) in [6.45, 7) is 3.86. The maximum absolute atomic E-state index is 13.4. The molecule has 0 radical (unpaired) electrons. The Morgan fingerprint density at radius 2 is 1.61 bits per heavy atom. The zero-order valence-electron chi connectivity index (χ0n) is 17.9. The fourth-order valence-corrected chi connectivity index (χ4v) is 5.87. The minimum absolute atomic E-state index is 0.180. The van der Waals surface area contributed by atoms with Crippen LogP contribution in [-0.4, -0.2) is 28.7 Å². The van der Waals surface area contributed by atoms with Gasteiger partial charge in [0.25, 0.3) is 0 Å². The summed E-state index contributed by atoms with van der Waals surface area (Å²) in [6.07, 6.45) is 3.25. The molecule has 5 nitrogen and oxygen atoms in total. The van der Waals surface area contributed by atoms with Crippen LogP contribution in [0.25, 0.3) is 0 Å². The van der Waals surface area contributed by atoms with Gasteiger partial charge in [0.05, 0.1) is 11.8 Å². The number of ether oxygens (including phenoxy) is 1. The predicted molar refractivity (Wildman–Crippen MR) is 115 cm³/mol. The standard InChI is InChI=1S/C26H27NO4/c1-15-7-6-10-21(16(15)2)31-26(30)20(13-17-8-4-3-5-9-17)27-24(28)22-18-11-12-19(14-18)23(22)25(27)29/h3-10,18-20,22-23H,11-14H2,1-2H3/t18-,19+,20-,22-,23-/m0/s1. The Labute approximate surface area is 182 Å². The van der Waals surface area contributed by atoms with Crippen molar-refractivity contribution >= 4 is 17.8 Å². The third kappa shape index (κ3) is 3.27. The molecule has 3 aliphatic rings. The normalized spacial score (nSPS) is 27.5. The highest BCUT2D eigenvalue weighted by Gasteiger charge is 2.62. The van der Waals surface area contributed by atoms with Gasteiger partial charge in [-0.3, -0.25) is 14.5 Å². The Morgan fingerprint density at radius 1 is 0.968 bits per heavy atom. The van der Waals surface area contributed by atoms with E-state index >= 15 is 0 Å². The Hall–Kier alpha value is -2.95. The molecule has 2 aromatic carbocycles. The van der Waals surface area contributed by atoms with Crippen molar-refractivity contribution in [3.8, 4) is 5.75 Å². The van der Waals surface area contributed by atoms with Gasteiger partial charge in [0, 0.05) is 6.42 Å². The molecule has 0 N–H and O–H groups in total. The Balaban J connectivity index is 1.47. The lowest BCUT2D eigenvalue weighted by molar-refractivity contribution is -0.154. The Morgan fingerprint density at radius 3 is 2.26 bits per heavy atom. The van der Waals surface area contributed by atoms with Gasteiger partial charge in [-0.25, -0.2) is 4.79 Å². The van der Waals surface area contributed by atoms with E-state index in [0.29, 0.717) is 5.75 Å². The van der Waals surface area contributed by atoms with Gasteiger partial charge in [-0.15, -0.1) is 0 Å². The molecule has 2 saturated carbocycles. The van der Waals surface area contributed by atoms with Crippen molar-refractivity contribution < 1.29 is 19.1 Å². The first-order valence-corrected chi connectivity index (χ1v) is 11.1. The van der Waals surface area contributed by atoms with Crippen LogP contribution in [0.2, 0.25) is 0 Å². The fraction of sp³-hybridized carbons (Fsp3) is 0.423. The number of benzene rings is 2. The summed E-state index contributed by atoms with van der Waals surface area (Å²) in [6, 6.07) is 14.1. The number of imide groups is 1. The zero-order valence-corrected chi connectivity index (χ0v) is 17.9. The highest BCUT2D eigenvalue weighted by atomic mass is 16.5. The molecule has 0 aromatic heterocycles. The van der Waals surface area contributed by atoms with E-state index < -0.39 is 12.0 Å². The second kappa shape index (κ2) is 7.63. The zero-order chi connectivity index (χ0) is 21.7. The van der Waals surface area contributed by atoms with E-state index in [0.717, 1.165) is 36.0 Å². The second-order valence-electron chi connectivity index (χ2n) is 9.26. The molecule has 31 heavy (non-hydrogen) atoms. The Kier molecular flexibility index (Phi) is 4.92. The molecule has 2 aromatic rings. The number of esters is 1. The molecule has 3 fully saturated rings. The number of likely N-dealkylation sites (tertiary alicyclic amines) is 1. The van der Waals surface area contributed by atoms with Gasteiger partial charge in [-0.1, -0.05) is 42.5 Å². The monoisotopic (exact) mass is 417 g/mol. The van der Waals surface area contributed by atoms with Gasteiger partial charge < -0.3 is 4.74 Å². The molecule has 5 atom stereocenters. The summed E-state index contributed by atoms with van der Waals surface area (Å²) in [5.74, 6) is -0.375. The third-order valence-electron chi connectivity index (χ3n) is 7.58. The topological polar surface area (TPSA) is 63.7 Å². The quantitative estimate of drug-likeness (QED) is 0.421. The summed E-state index contributed by atoms with van der Waals surface area (Å²) in [5.41, 5.74) is 2.79. The van der Waals surface area contributed by atoms with Crippen LogP contribution < -0.4 is 4.74 Å². The van der Waals surface area contributed by atoms with Gasteiger partial charge >= 0.3 is 5.97 Å². The van der Waals surface area contributed by atoms with Gasteiger partial charge in [0.2, 0.25) is 11.8 Å². The van der Waals surface area contributed by atoms with Crippen molar-refractivity contribution in [2.45, 2.75) is 45.6 Å². The molecule has 160 valence electrons. The number of amides is 2. The van der Waals surface area contributed by atoms with Crippen molar-refractivity contribution in [2.24, 2.45) is 23.7 Å². The lowest BCUT2D eigenvalue weighted by atomic mass is 9.81. The largest absolute Gasteiger partial charge is 0.425 e. The number of carbonyl (C=O) groups excluding carboxylic acids is 3. The third-order valence-corrected chi connectivity index (χ3v) is 7.58. The summed E-state index contributed by atoms with van der Waals surface area (Å²) < 4.78 is 5.78. The van der Waals surface area contributed by atoms with Gasteiger partial charge in [-0.2, -0.15) is 0 Å². The molecule has 1 aliphatic heterocycles. The SMILES string of the molecule is Cc1cccc(OC(=O)[C@H](Cc2ccccc2)N2C(=O)[C@H]3[C@@H]4CC[C@@H](C4)[C@@H]3C2=O)c1C. The van der Waals surface area contributed by atoms with Crippen molar-refractivity contribution in [1.29, 1.82) is 0 Å². The van der Waals surface area contributed by atoms with Crippen LogP contribution in [0.5, 0.6) is 5.75 Å². The molecule has 5 heteroatoms. The fourth-order valence-electron chi connectivity index (χ4n) is 5.87. The lowest BCUT2D eigenvalue weighted by Gasteiger charge is -2.26. The van der Waals surface area contributed by atoms with Crippen LogP contribution >= 0.6 is 0 Å². The number of fused-ring (bicyclic) bond motifs is 5. The lowest BCUT2D eigenvalue weighted by Crippen LogP contribution is -2.49. The first-order chi connectivity index (χ1) is 15.0. The van der Waals surface area contributed by atoms with Crippen molar-refractivity contribution in [3.63, 3.8) is 0 Å². The van der Waals surface area contributed by atoms with Crippen LogP contribution in [0, 0.1) is 37.5 Å². The predicted octanol–water partition coefficient (Wildman–Crippen LogP) is 3.85. The molecule has 2 bridgehead atoms. The second-order valence-corrected chi connectivity index (χ2v) is 9.26. The van der Waals surface area contributed by atoms with E-state index in [2.05, 4.69) is 0 Å². The minimum Gasteiger partial charge on any atom is -0.425 e. The average Bonchev–Trinajstić information content (AvgIpc) is 3.45. The van der Waals surface area contributed by atoms with Crippen LogP contribution in [0.3, 0.4) is 0 Å². The number of rotatable bonds is 5. The smallest absolute Gasteiger partial charge is 0.335 e. The molecule has 2 aliphatic carbocycles. The molecule has 0 unspecified atom stereocenters. The highest BCUT2D eigenvalue weighted by Crippen LogP contribution is 2.56. The van der Waals surface area contributed by atoms with Crippen LogP contribution in [-0.2, 0) is 20.8 Å². The van der Waals surface area contributed by atoms with E-state index in [1.165, 1.54) is 4.90 Å². The maximum atomic E-state index is 13.4. The average molecular weight is 418 g/mol. The van der Waals surface area contributed by atoms with Crippen molar-refractivity contribution in [3.05, 3.63) is 65.2 Å². The van der Waals surface area contributed by atoms with E-state index in [1.54, 1.807) is 6.07 Å². The number of hydrogen-bond acceptors (Lipinski definition) is 4. The molecule has 1 saturated heterocycles. The molecular formula is C26H27NO4. The van der Waals surface area contributed by atoms with Crippen molar-refractivity contribution in [2.75, 3.05) is 0 Å². The van der Waals surface area contributed by atoms with E-state index in [4.69, 9.17) is 4.74 Å². The number of hydrogen-bond donors (Lipinski definition) is 0. The summed E-state index contributed by atoms with van der Waals surface area (Å²) in [4.78, 5) is 41.4. The molecule has 5 rings (SSSR count). The van der Waals surface area contributed by atoms with E-state index in [1.807, 2.05) is 56.3 Å². The van der Waals surface area contributed by atoms with Crippen molar-refractivity contribution in [1.82, 2.24) is 4.90 Å². The molecular weight excluding hydrogens is 390 g/mol. The van der Waals surface area contributed by atoms with E-state index in [9.17, 15) is 14.4 Å². The minimum atomic E-state index is -0.952.